The lowest BCUT2D eigenvalue weighted by molar-refractivity contribution is -0.385. The molecule has 0 aliphatic rings. The lowest BCUT2D eigenvalue weighted by Gasteiger charge is -2.00. The molecule has 0 aliphatic heterocycles. The van der Waals surface area contributed by atoms with Crippen LogP contribution in [0.3, 0.4) is 0 Å². The molecule has 0 atom stereocenters. The molecule has 12 heavy (non-hydrogen) atoms. The number of halogens is 1. The van der Waals surface area contributed by atoms with Crippen molar-refractivity contribution in [1.29, 1.82) is 0 Å². The second kappa shape index (κ2) is 3.23. The molecule has 0 bridgehead atoms. The molecule has 0 aromatic heterocycles. The zero-order chi connectivity index (χ0) is 9.30. The van der Waals surface area contributed by atoms with Gasteiger partial charge in [-0.05, 0) is 40.9 Å². The van der Waals surface area contributed by atoms with Crippen LogP contribution in [0.15, 0.2) is 16.6 Å². The Labute approximate surface area is 78.7 Å². The lowest BCUT2D eigenvalue weighted by atomic mass is 10.1. The van der Waals surface area contributed by atoms with Gasteiger partial charge in [0, 0.05) is 6.07 Å². The molecule has 0 amide bonds. The first-order chi connectivity index (χ1) is 5.52. The van der Waals surface area contributed by atoms with Crippen LogP contribution in [0, 0.1) is 24.0 Å². The summed E-state index contributed by atoms with van der Waals surface area (Å²) < 4.78 is 0.568. The fourth-order valence-corrected chi connectivity index (χ4v) is 1.43. The van der Waals surface area contributed by atoms with Crippen LogP contribution in [-0.2, 0) is 0 Å². The lowest BCUT2D eigenvalue weighted by Crippen LogP contribution is -1.92. The van der Waals surface area contributed by atoms with Crippen LogP contribution in [0.1, 0.15) is 11.1 Å². The Balaban J connectivity index is 3.37. The first kappa shape index (κ1) is 9.19. The number of hydrogen-bond acceptors (Lipinski definition) is 2. The highest BCUT2D eigenvalue weighted by molar-refractivity contribution is 9.10. The number of hydrogen-bond donors (Lipinski definition) is 0. The van der Waals surface area contributed by atoms with Gasteiger partial charge in [-0.3, -0.25) is 10.1 Å². The van der Waals surface area contributed by atoms with Crippen molar-refractivity contribution in [2.45, 2.75) is 13.8 Å². The Hall–Kier alpha value is -0.900. The third-order valence-electron chi connectivity index (χ3n) is 1.58. The van der Waals surface area contributed by atoms with Crippen LogP contribution in [-0.4, -0.2) is 4.92 Å². The maximum Gasteiger partial charge on any atom is 0.284 e. The largest absolute Gasteiger partial charge is 0.284 e. The second-order valence-electron chi connectivity index (χ2n) is 2.67. The van der Waals surface area contributed by atoms with E-state index in [1.807, 2.05) is 19.9 Å². The molecule has 0 N–H and O–H groups in total. The van der Waals surface area contributed by atoms with E-state index in [0.29, 0.717) is 4.47 Å². The standard InChI is InChI=1S/C8H8BrNO2/c1-5-3-6(2)8(9)7(4-5)10(11)12/h3-4H,1-2H3. The summed E-state index contributed by atoms with van der Waals surface area (Å²) in [6, 6.07) is 3.45. The van der Waals surface area contributed by atoms with Crippen LogP contribution in [0.5, 0.6) is 0 Å². The van der Waals surface area contributed by atoms with E-state index in [-0.39, 0.29) is 10.6 Å². The summed E-state index contributed by atoms with van der Waals surface area (Å²) >= 11 is 3.17. The summed E-state index contributed by atoms with van der Waals surface area (Å²) in [6.07, 6.45) is 0. The topological polar surface area (TPSA) is 43.1 Å². The maximum atomic E-state index is 10.5. The van der Waals surface area contributed by atoms with E-state index in [2.05, 4.69) is 15.9 Å². The minimum atomic E-state index is -0.385. The predicted molar refractivity (Wildman–Crippen MR) is 50.3 cm³/mol. The normalized spacial score (nSPS) is 9.92. The molecule has 0 aliphatic carbocycles. The molecule has 0 spiro atoms. The summed E-state index contributed by atoms with van der Waals surface area (Å²) in [5.41, 5.74) is 1.93. The molecular weight excluding hydrogens is 222 g/mol. The Morgan fingerprint density at radius 2 is 2.00 bits per heavy atom. The van der Waals surface area contributed by atoms with Gasteiger partial charge in [0.25, 0.3) is 5.69 Å². The third kappa shape index (κ3) is 1.64. The van der Waals surface area contributed by atoms with Gasteiger partial charge in [0.15, 0.2) is 0 Å². The van der Waals surface area contributed by atoms with E-state index in [0.717, 1.165) is 11.1 Å². The van der Waals surface area contributed by atoms with E-state index >= 15 is 0 Å². The van der Waals surface area contributed by atoms with Crippen molar-refractivity contribution in [2.24, 2.45) is 0 Å². The fraction of sp³-hybridized carbons (Fsp3) is 0.250. The molecular formula is C8H8BrNO2. The number of nitro benzene ring substituents is 1. The van der Waals surface area contributed by atoms with E-state index < -0.39 is 0 Å². The van der Waals surface area contributed by atoms with Crippen molar-refractivity contribution in [1.82, 2.24) is 0 Å². The number of rotatable bonds is 1. The monoisotopic (exact) mass is 229 g/mol. The van der Waals surface area contributed by atoms with Crippen molar-refractivity contribution in [2.75, 3.05) is 0 Å². The van der Waals surface area contributed by atoms with Crippen LogP contribution in [0.2, 0.25) is 0 Å². The van der Waals surface area contributed by atoms with Gasteiger partial charge in [-0.2, -0.15) is 0 Å². The Morgan fingerprint density at radius 1 is 1.42 bits per heavy atom. The molecule has 1 aromatic rings. The summed E-state index contributed by atoms with van der Waals surface area (Å²) in [4.78, 5) is 10.1. The Kier molecular flexibility index (Phi) is 2.47. The highest BCUT2D eigenvalue weighted by Gasteiger charge is 2.13. The van der Waals surface area contributed by atoms with Gasteiger partial charge < -0.3 is 0 Å². The van der Waals surface area contributed by atoms with Gasteiger partial charge in [0.05, 0.1) is 9.40 Å². The molecule has 0 saturated heterocycles. The Morgan fingerprint density at radius 3 is 2.50 bits per heavy atom. The maximum absolute atomic E-state index is 10.5. The average Bonchev–Trinajstić information content (AvgIpc) is 1.96. The van der Waals surface area contributed by atoms with E-state index in [1.54, 1.807) is 6.07 Å². The second-order valence-corrected chi connectivity index (χ2v) is 3.47. The third-order valence-corrected chi connectivity index (χ3v) is 2.61. The first-order valence-electron chi connectivity index (χ1n) is 3.43. The highest BCUT2D eigenvalue weighted by atomic mass is 79.9. The summed E-state index contributed by atoms with van der Waals surface area (Å²) in [6.45, 7) is 3.68. The summed E-state index contributed by atoms with van der Waals surface area (Å²) in [5, 5.41) is 10.5. The quantitative estimate of drug-likeness (QED) is 0.549. The molecule has 0 fully saturated rings. The van der Waals surface area contributed by atoms with Gasteiger partial charge in [-0.1, -0.05) is 6.07 Å². The van der Waals surface area contributed by atoms with Crippen LogP contribution < -0.4 is 0 Å². The zero-order valence-corrected chi connectivity index (χ0v) is 8.38. The van der Waals surface area contributed by atoms with Gasteiger partial charge in [0.1, 0.15) is 0 Å². The molecule has 0 saturated carbocycles. The van der Waals surface area contributed by atoms with E-state index in [1.165, 1.54) is 0 Å². The molecule has 1 aromatic carbocycles. The smallest absolute Gasteiger partial charge is 0.258 e. The zero-order valence-electron chi connectivity index (χ0n) is 6.80. The van der Waals surface area contributed by atoms with Gasteiger partial charge in [-0.25, -0.2) is 0 Å². The van der Waals surface area contributed by atoms with Gasteiger partial charge in [-0.15, -0.1) is 0 Å². The minimum absolute atomic E-state index is 0.132. The van der Waals surface area contributed by atoms with Crippen molar-refractivity contribution in [3.63, 3.8) is 0 Å². The average molecular weight is 230 g/mol. The van der Waals surface area contributed by atoms with Crippen molar-refractivity contribution in [3.05, 3.63) is 37.8 Å². The van der Waals surface area contributed by atoms with Gasteiger partial charge in [0.2, 0.25) is 0 Å². The number of nitrogens with zero attached hydrogens (tertiary/aromatic N) is 1. The highest BCUT2D eigenvalue weighted by Crippen LogP contribution is 2.29. The number of benzene rings is 1. The Bertz CT molecular complexity index is 336. The summed E-state index contributed by atoms with van der Waals surface area (Å²) in [5.74, 6) is 0. The molecule has 0 heterocycles. The van der Waals surface area contributed by atoms with Crippen molar-refractivity contribution >= 4 is 21.6 Å². The molecule has 4 heteroatoms. The molecule has 3 nitrogen and oxygen atoms in total. The fourth-order valence-electron chi connectivity index (χ4n) is 1.06. The number of nitro groups is 1. The van der Waals surface area contributed by atoms with Gasteiger partial charge >= 0.3 is 0 Å². The minimum Gasteiger partial charge on any atom is -0.258 e. The van der Waals surface area contributed by atoms with E-state index in [4.69, 9.17) is 0 Å². The first-order valence-corrected chi connectivity index (χ1v) is 4.23. The molecule has 64 valence electrons. The van der Waals surface area contributed by atoms with E-state index in [9.17, 15) is 10.1 Å². The molecule has 0 unspecified atom stereocenters. The number of aryl methyl sites for hydroxylation is 2. The van der Waals surface area contributed by atoms with Crippen LogP contribution >= 0.6 is 15.9 Å². The predicted octanol–water partition coefficient (Wildman–Crippen LogP) is 2.97. The molecule has 0 radical (unpaired) electrons. The van der Waals surface area contributed by atoms with Crippen LogP contribution in [0.25, 0.3) is 0 Å². The summed E-state index contributed by atoms with van der Waals surface area (Å²) in [7, 11) is 0. The molecule has 1 rings (SSSR count). The SMILES string of the molecule is Cc1cc(C)c(Br)c([N+](=O)[O-])c1. The van der Waals surface area contributed by atoms with Crippen LogP contribution in [0.4, 0.5) is 5.69 Å². The van der Waals surface area contributed by atoms with Crippen molar-refractivity contribution < 1.29 is 4.92 Å². The van der Waals surface area contributed by atoms with Crippen molar-refractivity contribution in [3.8, 4) is 0 Å².